The van der Waals surface area contributed by atoms with Crippen molar-refractivity contribution >= 4 is 34.5 Å². The molecule has 2 atom stereocenters. The highest BCUT2D eigenvalue weighted by atomic mass is 16.4. The van der Waals surface area contributed by atoms with Crippen molar-refractivity contribution in [3.05, 3.63) is 101 Å². The summed E-state index contributed by atoms with van der Waals surface area (Å²) in [6.07, 6.45) is 0.359. The second-order valence-corrected chi connectivity index (χ2v) is 8.78. The topological polar surface area (TPSA) is 93.7 Å². The first kappa shape index (κ1) is 20.2. The highest BCUT2D eigenvalue weighted by molar-refractivity contribution is 6.23. The van der Waals surface area contributed by atoms with Crippen LogP contribution in [0.1, 0.15) is 38.8 Å². The van der Waals surface area contributed by atoms with Crippen molar-refractivity contribution in [2.75, 3.05) is 4.90 Å². The number of carbonyl (C=O) groups excluding carboxylic acids is 2. The van der Waals surface area contributed by atoms with Crippen LogP contribution in [0.4, 0.5) is 10.5 Å². The number of amides is 3. The van der Waals surface area contributed by atoms with Crippen LogP contribution < -0.4 is 4.90 Å². The molecule has 6 rings (SSSR count). The van der Waals surface area contributed by atoms with Crippen molar-refractivity contribution in [3.8, 4) is 0 Å². The van der Waals surface area contributed by atoms with Crippen molar-refractivity contribution < 1.29 is 19.5 Å². The number of anilines is 1. The van der Waals surface area contributed by atoms with E-state index in [2.05, 4.69) is 4.98 Å². The number of carboxylic acids is 1. The fourth-order valence-electron chi connectivity index (χ4n) is 5.24. The number of urea groups is 1. The van der Waals surface area contributed by atoms with Gasteiger partial charge in [0, 0.05) is 23.0 Å². The lowest BCUT2D eigenvalue weighted by Gasteiger charge is -2.36. The highest BCUT2D eigenvalue weighted by Crippen LogP contribution is 2.45. The first-order valence-corrected chi connectivity index (χ1v) is 11.1. The molecule has 0 aliphatic carbocycles. The van der Waals surface area contributed by atoms with Gasteiger partial charge in [0.05, 0.1) is 11.3 Å². The third-order valence-corrected chi connectivity index (χ3v) is 6.82. The van der Waals surface area contributed by atoms with Crippen molar-refractivity contribution in [1.82, 2.24) is 9.88 Å². The molecule has 7 nitrogen and oxygen atoms in total. The van der Waals surface area contributed by atoms with Crippen molar-refractivity contribution in [2.24, 2.45) is 0 Å². The van der Waals surface area contributed by atoms with Crippen molar-refractivity contribution in [1.29, 1.82) is 0 Å². The minimum atomic E-state index is -1.19. The SMILES string of the molecule is Cc1ccc([C@@H]2c3[nH]c4ccccc4c3C[C@@H]3C(=O)N(c4ccccc4C(=O)O)C(=O)N23)cc1. The molecule has 3 aromatic carbocycles. The van der Waals surface area contributed by atoms with Gasteiger partial charge < -0.3 is 10.1 Å². The third-order valence-electron chi connectivity index (χ3n) is 6.82. The summed E-state index contributed by atoms with van der Waals surface area (Å²) in [5, 5.41) is 10.7. The van der Waals surface area contributed by atoms with Crippen LogP contribution in [0, 0.1) is 6.92 Å². The quantitative estimate of drug-likeness (QED) is 0.443. The number of para-hydroxylation sites is 2. The summed E-state index contributed by atoms with van der Waals surface area (Å²) in [5.41, 5.74) is 4.84. The van der Waals surface area contributed by atoms with Gasteiger partial charge in [-0.1, -0.05) is 60.2 Å². The molecule has 7 heteroatoms. The number of carboxylic acid groups (broad SMARTS) is 1. The van der Waals surface area contributed by atoms with Gasteiger partial charge in [-0.2, -0.15) is 0 Å². The van der Waals surface area contributed by atoms with Gasteiger partial charge in [0.25, 0.3) is 5.91 Å². The predicted molar refractivity (Wildman–Crippen MR) is 127 cm³/mol. The van der Waals surface area contributed by atoms with Crippen LogP contribution in [0.15, 0.2) is 72.8 Å². The summed E-state index contributed by atoms with van der Waals surface area (Å²) in [6, 6.07) is 20.2. The summed E-state index contributed by atoms with van der Waals surface area (Å²) in [7, 11) is 0. The van der Waals surface area contributed by atoms with Gasteiger partial charge in [0.2, 0.25) is 0 Å². The van der Waals surface area contributed by atoms with Gasteiger partial charge in [0.1, 0.15) is 12.1 Å². The lowest BCUT2D eigenvalue weighted by molar-refractivity contribution is -0.120. The first-order chi connectivity index (χ1) is 16.5. The van der Waals surface area contributed by atoms with E-state index < -0.39 is 30.0 Å². The highest BCUT2D eigenvalue weighted by Gasteiger charge is 2.53. The molecule has 1 fully saturated rings. The van der Waals surface area contributed by atoms with Crippen molar-refractivity contribution in [2.45, 2.75) is 25.4 Å². The fourth-order valence-corrected chi connectivity index (χ4v) is 5.24. The van der Waals surface area contributed by atoms with E-state index >= 15 is 0 Å². The molecule has 4 aromatic rings. The zero-order valence-electron chi connectivity index (χ0n) is 18.4. The van der Waals surface area contributed by atoms with E-state index in [0.29, 0.717) is 6.42 Å². The molecular weight excluding hydrogens is 430 g/mol. The Morgan fingerprint density at radius 3 is 2.44 bits per heavy atom. The lowest BCUT2D eigenvalue weighted by Crippen LogP contribution is -2.44. The van der Waals surface area contributed by atoms with Crippen LogP contribution in [0.25, 0.3) is 10.9 Å². The molecular formula is C27H21N3O4. The molecule has 1 saturated heterocycles. The van der Waals surface area contributed by atoms with Crippen LogP contribution in [0.3, 0.4) is 0 Å². The van der Waals surface area contributed by atoms with Crippen LogP contribution in [-0.4, -0.2) is 38.9 Å². The Morgan fingerprint density at radius 2 is 1.68 bits per heavy atom. The van der Waals surface area contributed by atoms with Gasteiger partial charge in [-0.05, 0) is 36.2 Å². The summed E-state index contributed by atoms with van der Waals surface area (Å²) >= 11 is 0. The summed E-state index contributed by atoms with van der Waals surface area (Å²) in [6.45, 7) is 2.00. The van der Waals surface area contributed by atoms with Gasteiger partial charge in [-0.3, -0.25) is 9.69 Å². The van der Waals surface area contributed by atoms with Gasteiger partial charge in [0.15, 0.2) is 0 Å². The number of benzene rings is 3. The van der Waals surface area contributed by atoms with E-state index in [9.17, 15) is 19.5 Å². The number of hydrogen-bond donors (Lipinski definition) is 2. The van der Waals surface area contributed by atoms with Crippen LogP contribution >= 0.6 is 0 Å². The number of rotatable bonds is 3. The van der Waals surface area contributed by atoms with Gasteiger partial charge in [-0.25, -0.2) is 14.5 Å². The smallest absolute Gasteiger partial charge is 0.337 e. The maximum Gasteiger partial charge on any atom is 0.337 e. The Bertz CT molecular complexity index is 1490. The Kier molecular flexibility index (Phi) is 4.35. The van der Waals surface area contributed by atoms with E-state index in [1.54, 1.807) is 17.0 Å². The van der Waals surface area contributed by atoms with E-state index in [1.807, 2.05) is 55.5 Å². The molecule has 0 radical (unpaired) electrons. The number of H-pyrrole nitrogens is 1. The zero-order chi connectivity index (χ0) is 23.6. The number of aromatic nitrogens is 1. The maximum atomic E-state index is 13.8. The Balaban J connectivity index is 1.55. The summed E-state index contributed by atoms with van der Waals surface area (Å²) in [5.74, 6) is -1.60. The average molecular weight is 451 g/mol. The number of aromatic amines is 1. The molecule has 34 heavy (non-hydrogen) atoms. The predicted octanol–water partition coefficient (Wildman–Crippen LogP) is 4.66. The summed E-state index contributed by atoms with van der Waals surface area (Å²) in [4.78, 5) is 45.5. The first-order valence-electron chi connectivity index (χ1n) is 11.1. The number of fused-ring (bicyclic) bond motifs is 4. The van der Waals surface area contributed by atoms with Crippen LogP contribution in [0.5, 0.6) is 0 Å². The number of aryl methyl sites for hydroxylation is 1. The van der Waals surface area contributed by atoms with Crippen molar-refractivity contribution in [3.63, 3.8) is 0 Å². The number of nitrogens with one attached hydrogen (secondary N) is 1. The van der Waals surface area contributed by atoms with Gasteiger partial charge >= 0.3 is 12.0 Å². The Hall–Kier alpha value is -4.39. The molecule has 1 aromatic heterocycles. The lowest BCUT2D eigenvalue weighted by atomic mass is 9.88. The minimum Gasteiger partial charge on any atom is -0.478 e. The molecule has 3 amide bonds. The Labute approximate surface area is 195 Å². The largest absolute Gasteiger partial charge is 0.478 e. The molecule has 2 aliphatic heterocycles. The van der Waals surface area contributed by atoms with E-state index in [4.69, 9.17) is 0 Å². The normalized spacial score (nSPS) is 19.4. The fraction of sp³-hybridized carbons (Fsp3) is 0.148. The number of nitrogens with zero attached hydrogens (tertiary/aromatic N) is 2. The average Bonchev–Trinajstić information content (AvgIpc) is 3.33. The monoisotopic (exact) mass is 451 g/mol. The van der Waals surface area contributed by atoms with E-state index in [1.165, 1.54) is 12.1 Å². The summed E-state index contributed by atoms with van der Waals surface area (Å²) < 4.78 is 0. The molecule has 0 saturated carbocycles. The second-order valence-electron chi connectivity index (χ2n) is 8.78. The van der Waals surface area contributed by atoms with Crippen LogP contribution in [0.2, 0.25) is 0 Å². The van der Waals surface area contributed by atoms with Crippen LogP contribution in [-0.2, 0) is 11.2 Å². The number of imide groups is 1. The standard InChI is InChI=1S/C27H21N3O4/c1-15-10-12-16(13-11-15)24-23-19(17-6-2-4-8-20(17)28-23)14-22-25(31)30(27(34)29(22)24)21-9-5-3-7-18(21)26(32)33/h2-13,22,24,28H,14H2,1H3,(H,32,33)/t22-,24-/m1/s1. The Morgan fingerprint density at radius 1 is 0.971 bits per heavy atom. The molecule has 0 spiro atoms. The van der Waals surface area contributed by atoms with E-state index in [-0.39, 0.29) is 11.3 Å². The number of carbonyl (C=O) groups is 3. The second kappa shape index (κ2) is 7.31. The molecule has 2 aliphatic rings. The van der Waals surface area contributed by atoms with E-state index in [0.717, 1.165) is 38.2 Å². The zero-order valence-corrected chi connectivity index (χ0v) is 18.4. The molecule has 2 N–H and O–H groups in total. The molecule has 0 unspecified atom stereocenters. The third kappa shape index (κ3) is 2.80. The van der Waals surface area contributed by atoms with Gasteiger partial charge in [-0.15, -0.1) is 0 Å². The number of hydrogen-bond acceptors (Lipinski definition) is 3. The minimum absolute atomic E-state index is 0.0834. The number of aromatic carboxylic acids is 1. The maximum absolute atomic E-state index is 13.8. The molecule has 168 valence electrons. The molecule has 0 bridgehead atoms. The molecule has 3 heterocycles.